The van der Waals surface area contributed by atoms with Gasteiger partial charge in [0.1, 0.15) is 11.8 Å². The van der Waals surface area contributed by atoms with Crippen LogP contribution in [0.1, 0.15) is 48.6 Å². The van der Waals surface area contributed by atoms with Crippen LogP contribution in [0.2, 0.25) is 0 Å². The van der Waals surface area contributed by atoms with Crippen LogP contribution in [0.5, 0.6) is 0 Å². The van der Waals surface area contributed by atoms with Crippen LogP contribution in [0.25, 0.3) is 0 Å². The molecular weight excluding hydrogens is 376 g/mol. The summed E-state index contributed by atoms with van der Waals surface area (Å²) in [5.74, 6) is -0.0918. The number of hydrogen-bond acceptors (Lipinski definition) is 6. The van der Waals surface area contributed by atoms with E-state index in [0.29, 0.717) is 11.3 Å². The van der Waals surface area contributed by atoms with Crippen LogP contribution in [-0.4, -0.2) is 31.8 Å². The van der Waals surface area contributed by atoms with Crippen LogP contribution >= 0.6 is 11.5 Å². The second-order valence-electron chi connectivity index (χ2n) is 7.36. The Hall–Kier alpha value is -3.00. The Morgan fingerprint density at radius 3 is 2.50 bits per heavy atom. The average molecular weight is 398 g/mol. The van der Waals surface area contributed by atoms with Gasteiger partial charge < -0.3 is 14.6 Å². The van der Waals surface area contributed by atoms with E-state index in [0.717, 1.165) is 11.5 Å². The van der Waals surface area contributed by atoms with Crippen molar-refractivity contribution in [2.24, 2.45) is 0 Å². The molecular formula is C20H22N4O3S. The molecule has 0 aliphatic carbocycles. The van der Waals surface area contributed by atoms with E-state index in [1.807, 2.05) is 51.1 Å². The van der Waals surface area contributed by atoms with E-state index in [4.69, 9.17) is 4.42 Å². The Bertz CT molecular complexity index is 903. The molecule has 2 aromatic heterocycles. The lowest BCUT2D eigenvalue weighted by atomic mass is 10.0. The lowest BCUT2D eigenvalue weighted by molar-refractivity contribution is -0.127. The number of hydrogen-bond donors (Lipinski definition) is 1. The van der Waals surface area contributed by atoms with E-state index >= 15 is 0 Å². The summed E-state index contributed by atoms with van der Waals surface area (Å²) in [5, 5.41) is 8.44. The molecule has 7 nitrogen and oxygen atoms in total. The monoisotopic (exact) mass is 398 g/mol. The third-order valence-electron chi connectivity index (χ3n) is 3.92. The first-order valence-electron chi connectivity index (χ1n) is 8.82. The van der Waals surface area contributed by atoms with E-state index < -0.39 is 11.6 Å². The Morgan fingerprint density at radius 1 is 1.18 bits per heavy atom. The molecule has 0 bridgehead atoms. The average Bonchev–Trinajstić information content (AvgIpc) is 3.34. The lowest BCUT2D eigenvalue weighted by Crippen LogP contribution is -2.49. The highest BCUT2D eigenvalue weighted by molar-refractivity contribution is 7.03. The highest BCUT2D eigenvalue weighted by atomic mass is 32.1. The maximum absolute atomic E-state index is 13.2. The van der Waals surface area contributed by atoms with E-state index in [1.165, 1.54) is 11.2 Å². The Balaban J connectivity index is 2.04. The van der Waals surface area contributed by atoms with Crippen molar-refractivity contribution in [3.8, 4) is 0 Å². The first kappa shape index (κ1) is 19.8. The van der Waals surface area contributed by atoms with Crippen molar-refractivity contribution in [2.45, 2.75) is 38.9 Å². The molecule has 0 aliphatic rings. The van der Waals surface area contributed by atoms with Crippen molar-refractivity contribution >= 4 is 23.3 Å². The number of nitrogens with zero attached hydrogens (tertiary/aromatic N) is 3. The molecule has 2 amide bonds. The first-order valence-corrected chi connectivity index (χ1v) is 9.66. The number of carbonyl (C=O) groups excluding carboxylic acids is 2. The van der Waals surface area contributed by atoms with E-state index in [-0.39, 0.29) is 24.1 Å². The molecule has 0 saturated heterocycles. The van der Waals surface area contributed by atoms with Crippen LogP contribution in [-0.2, 0) is 11.3 Å². The molecule has 3 rings (SSSR count). The van der Waals surface area contributed by atoms with Gasteiger partial charge in [0.25, 0.3) is 5.91 Å². The minimum absolute atomic E-state index is 0.125. The molecule has 1 aromatic carbocycles. The summed E-state index contributed by atoms with van der Waals surface area (Å²) < 4.78 is 9.22. The number of carbonyl (C=O) groups is 2. The fraction of sp³-hybridized carbons (Fsp3) is 0.300. The third-order valence-corrected chi connectivity index (χ3v) is 4.42. The number of amides is 2. The second-order valence-corrected chi connectivity index (χ2v) is 7.96. The summed E-state index contributed by atoms with van der Waals surface area (Å²) in [6.45, 7) is 5.82. The minimum atomic E-state index is -0.847. The summed E-state index contributed by atoms with van der Waals surface area (Å²) in [6.07, 6.45) is 1.54. The largest absolute Gasteiger partial charge is 0.467 e. The van der Waals surface area contributed by atoms with Gasteiger partial charge in [-0.05, 0) is 50.0 Å². The van der Waals surface area contributed by atoms with Crippen LogP contribution < -0.4 is 5.32 Å². The fourth-order valence-corrected chi connectivity index (χ4v) is 3.23. The predicted molar refractivity (Wildman–Crippen MR) is 106 cm³/mol. The molecule has 3 aromatic rings. The zero-order chi connectivity index (χ0) is 20.1. The number of nitrogens with one attached hydrogen (secondary N) is 1. The molecule has 0 unspecified atom stereocenters. The van der Waals surface area contributed by atoms with Crippen LogP contribution in [0.3, 0.4) is 0 Å². The molecule has 8 heteroatoms. The summed E-state index contributed by atoms with van der Waals surface area (Å²) in [6, 6.07) is 11.9. The van der Waals surface area contributed by atoms with E-state index in [9.17, 15) is 9.59 Å². The van der Waals surface area contributed by atoms with Crippen LogP contribution in [0.4, 0.5) is 0 Å². The highest BCUT2D eigenvalue weighted by Crippen LogP contribution is 2.26. The Labute approximate surface area is 167 Å². The maximum atomic E-state index is 13.2. The second kappa shape index (κ2) is 8.35. The van der Waals surface area contributed by atoms with E-state index in [2.05, 4.69) is 14.9 Å². The molecule has 0 saturated carbocycles. The topological polar surface area (TPSA) is 88.3 Å². The van der Waals surface area contributed by atoms with Gasteiger partial charge in [0, 0.05) is 10.9 Å². The van der Waals surface area contributed by atoms with Gasteiger partial charge in [-0.15, -0.1) is 5.10 Å². The van der Waals surface area contributed by atoms with Crippen molar-refractivity contribution in [1.82, 2.24) is 19.8 Å². The summed E-state index contributed by atoms with van der Waals surface area (Å²) >= 11 is 1.09. The summed E-state index contributed by atoms with van der Waals surface area (Å²) in [7, 11) is 0. The zero-order valence-corrected chi connectivity index (χ0v) is 16.8. The quantitative estimate of drug-likeness (QED) is 0.687. The van der Waals surface area contributed by atoms with Crippen molar-refractivity contribution in [1.29, 1.82) is 0 Å². The van der Waals surface area contributed by atoms with E-state index in [1.54, 1.807) is 17.5 Å². The molecule has 0 fully saturated rings. The fourth-order valence-electron chi connectivity index (χ4n) is 2.80. The zero-order valence-electron chi connectivity index (χ0n) is 16.0. The van der Waals surface area contributed by atoms with Gasteiger partial charge >= 0.3 is 0 Å². The summed E-state index contributed by atoms with van der Waals surface area (Å²) in [4.78, 5) is 27.9. The Morgan fingerprint density at radius 2 is 1.93 bits per heavy atom. The van der Waals surface area contributed by atoms with Crippen LogP contribution in [0, 0.1) is 0 Å². The predicted octanol–water partition coefficient (Wildman–Crippen LogP) is 3.43. The summed E-state index contributed by atoms with van der Waals surface area (Å²) in [5.41, 5.74) is 0.444. The molecule has 2 heterocycles. The van der Waals surface area contributed by atoms with Gasteiger partial charge in [0.05, 0.1) is 12.8 Å². The van der Waals surface area contributed by atoms with Gasteiger partial charge in [-0.1, -0.05) is 34.8 Å². The smallest absolute Gasteiger partial charge is 0.276 e. The van der Waals surface area contributed by atoms with Gasteiger partial charge in [0.2, 0.25) is 5.91 Å². The SMILES string of the molecule is CC(C)(C)NC(=O)[C@@H](c1ccccc1)N(Cc1ccco1)C(=O)c1csnn1. The number of aromatic nitrogens is 2. The number of rotatable bonds is 6. The maximum Gasteiger partial charge on any atom is 0.276 e. The van der Waals surface area contributed by atoms with Crippen LogP contribution in [0.15, 0.2) is 58.5 Å². The molecule has 1 atom stereocenters. The third kappa shape index (κ3) is 4.83. The standard InChI is InChI=1S/C20H22N4O3S/c1-20(2,3)21-18(25)17(14-8-5-4-6-9-14)24(12-15-10-7-11-27-15)19(26)16-13-28-23-22-16/h4-11,13,17H,12H2,1-3H3,(H,21,25)/t17-/m1/s1. The lowest BCUT2D eigenvalue weighted by Gasteiger charge is -2.32. The normalized spacial score (nSPS) is 12.4. The first-order chi connectivity index (χ1) is 13.3. The Kier molecular flexibility index (Phi) is 5.89. The van der Waals surface area contributed by atoms with Gasteiger partial charge in [-0.2, -0.15) is 0 Å². The minimum Gasteiger partial charge on any atom is -0.467 e. The van der Waals surface area contributed by atoms with Crippen molar-refractivity contribution in [2.75, 3.05) is 0 Å². The molecule has 0 spiro atoms. The van der Waals surface area contributed by atoms with Crippen molar-refractivity contribution in [3.05, 3.63) is 71.1 Å². The molecule has 0 aliphatic heterocycles. The number of furan rings is 1. The van der Waals surface area contributed by atoms with Gasteiger partial charge in [-0.25, -0.2) is 0 Å². The number of benzene rings is 1. The highest BCUT2D eigenvalue weighted by Gasteiger charge is 2.35. The van der Waals surface area contributed by atoms with Gasteiger partial charge in [0.15, 0.2) is 5.69 Å². The molecule has 1 N–H and O–H groups in total. The molecule has 146 valence electrons. The molecule has 28 heavy (non-hydrogen) atoms. The molecule has 0 radical (unpaired) electrons. The van der Waals surface area contributed by atoms with Gasteiger partial charge in [-0.3, -0.25) is 9.59 Å². The van der Waals surface area contributed by atoms with Crippen molar-refractivity contribution in [3.63, 3.8) is 0 Å². The van der Waals surface area contributed by atoms with Crippen molar-refractivity contribution < 1.29 is 14.0 Å².